The molecule has 0 aliphatic carbocycles. The Kier molecular flexibility index (Phi) is 4.16. The highest BCUT2D eigenvalue weighted by Crippen LogP contribution is 2.22. The summed E-state index contributed by atoms with van der Waals surface area (Å²) in [4.78, 5) is 15.3. The number of benzene rings is 2. The zero-order valence-corrected chi connectivity index (χ0v) is 12.8. The van der Waals surface area contributed by atoms with E-state index in [2.05, 4.69) is 17.2 Å². The van der Waals surface area contributed by atoms with E-state index in [-0.39, 0.29) is 5.91 Å². The normalized spacial score (nSPS) is 10.8. The van der Waals surface area contributed by atoms with Gasteiger partial charge >= 0.3 is 0 Å². The van der Waals surface area contributed by atoms with E-state index >= 15 is 0 Å². The molecule has 1 aromatic heterocycles. The van der Waals surface area contributed by atoms with E-state index in [0.29, 0.717) is 17.1 Å². The highest BCUT2D eigenvalue weighted by Gasteiger charge is 2.07. The number of halogens is 1. The van der Waals surface area contributed by atoms with Crippen molar-refractivity contribution in [1.29, 1.82) is 0 Å². The lowest BCUT2D eigenvalue weighted by molar-refractivity contribution is 0.0954. The van der Waals surface area contributed by atoms with E-state index < -0.39 is 0 Å². The molecule has 1 amide bonds. The average molecular weight is 312 g/mol. The predicted octanol–water partition coefficient (Wildman–Crippen LogP) is 3.98. The minimum atomic E-state index is -0.0714. The molecule has 0 saturated heterocycles. The van der Waals surface area contributed by atoms with Crippen molar-refractivity contribution < 1.29 is 4.79 Å². The zero-order valence-electron chi connectivity index (χ0n) is 12.0. The molecule has 1 radical (unpaired) electrons. The molecule has 0 bridgehead atoms. The smallest absolute Gasteiger partial charge is 0.251 e. The Morgan fingerprint density at radius 1 is 1.18 bits per heavy atom. The number of carbonyl (C=O) groups excluding carboxylic acids is 1. The summed E-state index contributed by atoms with van der Waals surface area (Å²) in [6.07, 6.45) is 2.71. The van der Waals surface area contributed by atoms with Crippen molar-refractivity contribution in [1.82, 2.24) is 10.3 Å². The van der Waals surface area contributed by atoms with E-state index in [1.165, 1.54) is 0 Å². The average Bonchev–Trinajstić information content (AvgIpc) is 2.90. The van der Waals surface area contributed by atoms with Gasteiger partial charge in [-0.3, -0.25) is 4.79 Å². The van der Waals surface area contributed by atoms with E-state index in [9.17, 15) is 4.79 Å². The van der Waals surface area contributed by atoms with Crippen LogP contribution in [0.2, 0.25) is 5.02 Å². The fourth-order valence-corrected chi connectivity index (χ4v) is 2.60. The van der Waals surface area contributed by atoms with Crippen LogP contribution in [0.5, 0.6) is 0 Å². The van der Waals surface area contributed by atoms with E-state index in [1.807, 2.05) is 36.5 Å². The Bertz CT molecular complexity index is 806. The van der Waals surface area contributed by atoms with Crippen LogP contribution < -0.4 is 5.32 Å². The van der Waals surface area contributed by atoms with Crippen LogP contribution >= 0.6 is 11.6 Å². The summed E-state index contributed by atoms with van der Waals surface area (Å²) in [6, 6.07) is 13.0. The molecule has 0 fully saturated rings. The summed E-state index contributed by atoms with van der Waals surface area (Å²) in [5, 5.41) is 4.74. The van der Waals surface area contributed by atoms with Crippen LogP contribution in [0.4, 0.5) is 0 Å². The van der Waals surface area contributed by atoms with Crippen LogP contribution in [0.25, 0.3) is 10.9 Å². The summed E-state index contributed by atoms with van der Waals surface area (Å²) in [5.74, 6) is -0.0714. The fourth-order valence-electron chi connectivity index (χ4n) is 2.43. The Balaban J connectivity index is 1.63. The number of nitrogens with one attached hydrogen (secondary N) is 2. The molecule has 0 spiro atoms. The first-order valence-corrected chi connectivity index (χ1v) is 7.47. The number of H-pyrrole nitrogens is 1. The number of aromatic nitrogens is 1. The molecule has 0 saturated carbocycles. The topological polar surface area (TPSA) is 44.9 Å². The molecule has 4 heteroatoms. The lowest BCUT2D eigenvalue weighted by atomic mass is 10.1. The Morgan fingerprint density at radius 2 is 1.95 bits per heavy atom. The molecule has 3 aromatic rings. The van der Waals surface area contributed by atoms with Gasteiger partial charge in [-0.15, -0.1) is 0 Å². The molecule has 0 atom stereocenters. The van der Waals surface area contributed by atoms with Crippen molar-refractivity contribution in [2.24, 2.45) is 0 Å². The molecule has 1 heterocycles. The predicted molar refractivity (Wildman–Crippen MR) is 90.2 cm³/mol. The summed E-state index contributed by atoms with van der Waals surface area (Å²) in [5.41, 5.74) is 3.74. The Labute approximate surface area is 134 Å². The number of carbonyl (C=O) groups is 1. The van der Waals surface area contributed by atoms with Crippen LogP contribution in [-0.2, 0) is 6.42 Å². The largest absolute Gasteiger partial charge is 0.361 e. The van der Waals surface area contributed by atoms with Gasteiger partial charge in [0.05, 0.1) is 0 Å². The minimum absolute atomic E-state index is 0.0714. The van der Waals surface area contributed by atoms with E-state index in [4.69, 9.17) is 11.6 Å². The van der Waals surface area contributed by atoms with Gasteiger partial charge in [-0.25, -0.2) is 0 Å². The number of hydrogen-bond acceptors (Lipinski definition) is 1. The van der Waals surface area contributed by atoms with Crippen LogP contribution in [0, 0.1) is 6.92 Å². The first-order chi connectivity index (χ1) is 10.6. The highest BCUT2D eigenvalue weighted by molar-refractivity contribution is 6.31. The van der Waals surface area contributed by atoms with Crippen LogP contribution in [0.3, 0.4) is 0 Å². The van der Waals surface area contributed by atoms with E-state index in [0.717, 1.165) is 28.5 Å². The van der Waals surface area contributed by atoms with Crippen LogP contribution in [0.1, 0.15) is 21.5 Å². The highest BCUT2D eigenvalue weighted by atomic mass is 35.5. The molecule has 3 nitrogen and oxygen atoms in total. The standard InChI is InChI=1S/C18H16ClN2O/c1-12-2-4-13(5-3-12)18(22)20-9-8-14-11-21-17-7-6-15(19)10-16(14)17/h2-7,10-11,21H,1,8-9H2,(H,20,22). The molecule has 0 aliphatic rings. The van der Waals surface area contributed by atoms with Crippen molar-refractivity contribution in [3.05, 3.63) is 77.3 Å². The third kappa shape index (κ3) is 3.15. The van der Waals surface area contributed by atoms with Crippen LogP contribution in [0.15, 0.2) is 48.7 Å². The molecular weight excluding hydrogens is 296 g/mol. The number of amides is 1. The van der Waals surface area contributed by atoms with Crippen molar-refractivity contribution >= 4 is 28.4 Å². The van der Waals surface area contributed by atoms with Crippen molar-refractivity contribution in [3.8, 4) is 0 Å². The Morgan fingerprint density at radius 3 is 2.73 bits per heavy atom. The molecule has 3 rings (SSSR count). The quantitative estimate of drug-likeness (QED) is 0.752. The van der Waals surface area contributed by atoms with Gasteiger partial charge in [-0.05, 0) is 54.8 Å². The van der Waals surface area contributed by atoms with Crippen molar-refractivity contribution in [2.45, 2.75) is 6.42 Å². The number of rotatable bonds is 4. The molecule has 2 aromatic carbocycles. The molecule has 0 unspecified atom stereocenters. The van der Waals surface area contributed by atoms with Crippen molar-refractivity contribution in [2.75, 3.05) is 6.54 Å². The van der Waals surface area contributed by atoms with Gasteiger partial charge in [0.1, 0.15) is 0 Å². The number of aromatic amines is 1. The molecule has 2 N–H and O–H groups in total. The lowest BCUT2D eigenvalue weighted by Crippen LogP contribution is -2.25. The summed E-state index contributed by atoms with van der Waals surface area (Å²) in [6.45, 7) is 4.38. The zero-order chi connectivity index (χ0) is 15.5. The van der Waals surface area contributed by atoms with Gasteiger partial charge in [0, 0.05) is 34.2 Å². The first-order valence-electron chi connectivity index (χ1n) is 7.09. The second kappa shape index (κ2) is 6.24. The van der Waals surface area contributed by atoms with Crippen LogP contribution in [-0.4, -0.2) is 17.4 Å². The number of hydrogen-bond donors (Lipinski definition) is 2. The molecular formula is C18H16ClN2O. The van der Waals surface area contributed by atoms with Gasteiger partial charge in [-0.1, -0.05) is 23.7 Å². The maximum atomic E-state index is 12.0. The molecule has 0 aliphatic heterocycles. The maximum Gasteiger partial charge on any atom is 0.251 e. The third-order valence-corrected chi connectivity index (χ3v) is 3.86. The van der Waals surface area contributed by atoms with E-state index in [1.54, 1.807) is 12.1 Å². The second-order valence-electron chi connectivity index (χ2n) is 5.21. The Hall–Kier alpha value is -2.26. The third-order valence-electron chi connectivity index (χ3n) is 3.63. The van der Waals surface area contributed by atoms with Gasteiger partial charge in [-0.2, -0.15) is 0 Å². The lowest BCUT2D eigenvalue weighted by Gasteiger charge is -2.05. The van der Waals surface area contributed by atoms with Crippen molar-refractivity contribution in [3.63, 3.8) is 0 Å². The summed E-state index contributed by atoms with van der Waals surface area (Å²) in [7, 11) is 0. The number of fused-ring (bicyclic) bond motifs is 1. The van der Waals surface area contributed by atoms with Gasteiger partial charge < -0.3 is 10.3 Å². The molecule has 22 heavy (non-hydrogen) atoms. The monoisotopic (exact) mass is 311 g/mol. The molecule has 111 valence electrons. The fraction of sp³-hybridized carbons (Fsp3) is 0.111. The first kappa shape index (κ1) is 14.7. The summed E-state index contributed by atoms with van der Waals surface area (Å²) >= 11 is 6.04. The second-order valence-corrected chi connectivity index (χ2v) is 5.64. The SMILES string of the molecule is [CH2]c1ccc(C(=O)NCCc2c[nH]c3ccc(Cl)cc23)cc1. The minimum Gasteiger partial charge on any atom is -0.361 e. The van der Waals surface area contributed by atoms with Gasteiger partial charge in [0.25, 0.3) is 5.91 Å². The van der Waals surface area contributed by atoms with Gasteiger partial charge in [0.15, 0.2) is 0 Å². The maximum absolute atomic E-state index is 12.0. The van der Waals surface area contributed by atoms with Gasteiger partial charge in [0.2, 0.25) is 0 Å². The summed E-state index contributed by atoms with van der Waals surface area (Å²) < 4.78 is 0.